The summed E-state index contributed by atoms with van der Waals surface area (Å²) in [6.45, 7) is 10.2. The average molecular weight is 438 g/mol. The second kappa shape index (κ2) is 8.78. The number of nitrogens with zero attached hydrogens (tertiary/aromatic N) is 3. The van der Waals surface area contributed by atoms with Gasteiger partial charge in [0.05, 0.1) is 30.3 Å². The molecule has 3 aromatic rings. The fourth-order valence-corrected chi connectivity index (χ4v) is 3.99. The summed E-state index contributed by atoms with van der Waals surface area (Å²) in [6.07, 6.45) is 5.15. The highest BCUT2D eigenvalue weighted by Gasteiger charge is 2.30. The number of aromatic amines is 1. The Balaban J connectivity index is 1.64. The first kappa shape index (κ1) is 22.1. The molecule has 32 heavy (non-hydrogen) atoms. The van der Waals surface area contributed by atoms with E-state index in [0.717, 1.165) is 35.3 Å². The van der Waals surface area contributed by atoms with Crippen molar-refractivity contribution in [3.05, 3.63) is 41.7 Å². The summed E-state index contributed by atoms with van der Waals surface area (Å²) in [6, 6.07) is 5.63. The van der Waals surface area contributed by atoms with Gasteiger partial charge >= 0.3 is 0 Å². The first-order valence-corrected chi connectivity index (χ1v) is 11.1. The lowest BCUT2D eigenvalue weighted by Crippen LogP contribution is -2.36. The van der Waals surface area contributed by atoms with E-state index < -0.39 is 0 Å². The number of aromatic nitrogens is 3. The molecule has 0 aliphatic carbocycles. The van der Waals surface area contributed by atoms with E-state index in [1.807, 2.05) is 29.9 Å². The van der Waals surface area contributed by atoms with Gasteiger partial charge in [0.15, 0.2) is 5.88 Å². The van der Waals surface area contributed by atoms with Crippen LogP contribution in [0, 0.1) is 5.41 Å². The Hall–Kier alpha value is -3.13. The number of amides is 1. The molecule has 1 saturated heterocycles. The highest BCUT2D eigenvalue weighted by atomic mass is 16.5. The molecule has 1 aromatic carbocycles. The van der Waals surface area contributed by atoms with Crippen molar-refractivity contribution in [2.75, 3.05) is 19.8 Å². The third kappa shape index (κ3) is 4.41. The van der Waals surface area contributed by atoms with Crippen molar-refractivity contribution < 1.29 is 14.6 Å². The number of aromatic hydroxyl groups is 1. The Bertz CT molecular complexity index is 1150. The Labute approximate surface area is 187 Å². The van der Waals surface area contributed by atoms with Crippen LogP contribution in [0.2, 0.25) is 0 Å². The molecule has 0 radical (unpaired) electrons. The predicted molar refractivity (Wildman–Crippen MR) is 125 cm³/mol. The Morgan fingerprint density at radius 3 is 2.91 bits per heavy atom. The van der Waals surface area contributed by atoms with Crippen LogP contribution in [0.25, 0.3) is 10.9 Å². The van der Waals surface area contributed by atoms with Gasteiger partial charge in [-0.2, -0.15) is 5.10 Å². The maximum absolute atomic E-state index is 12.8. The lowest BCUT2D eigenvalue weighted by Gasteiger charge is -2.21. The molecule has 2 aromatic heterocycles. The molecule has 1 amide bonds. The van der Waals surface area contributed by atoms with Crippen molar-refractivity contribution in [3.8, 4) is 5.88 Å². The van der Waals surface area contributed by atoms with E-state index in [1.54, 1.807) is 12.3 Å². The van der Waals surface area contributed by atoms with Crippen LogP contribution in [0.1, 0.15) is 62.5 Å². The first-order chi connectivity index (χ1) is 15.3. The minimum absolute atomic E-state index is 0.0280. The lowest BCUT2D eigenvalue weighted by molar-refractivity contribution is 0.0925. The fourth-order valence-electron chi connectivity index (χ4n) is 3.99. The lowest BCUT2D eigenvalue weighted by atomic mass is 9.90. The minimum atomic E-state index is -0.139. The normalized spacial score (nSPS) is 19.2. The van der Waals surface area contributed by atoms with Gasteiger partial charge in [0.2, 0.25) is 0 Å². The smallest absolute Gasteiger partial charge is 0.251 e. The van der Waals surface area contributed by atoms with Crippen molar-refractivity contribution in [2.24, 2.45) is 10.4 Å². The fraction of sp³-hybridized carbons (Fsp3) is 0.458. The van der Waals surface area contributed by atoms with Gasteiger partial charge in [0.1, 0.15) is 5.69 Å². The summed E-state index contributed by atoms with van der Waals surface area (Å²) >= 11 is 0. The van der Waals surface area contributed by atoms with E-state index in [1.165, 1.54) is 0 Å². The van der Waals surface area contributed by atoms with Crippen molar-refractivity contribution in [3.63, 3.8) is 0 Å². The van der Waals surface area contributed by atoms with Gasteiger partial charge in [-0.1, -0.05) is 13.8 Å². The largest absolute Gasteiger partial charge is 0.494 e. The van der Waals surface area contributed by atoms with Crippen LogP contribution in [0.4, 0.5) is 5.69 Å². The number of H-pyrrole nitrogens is 1. The maximum Gasteiger partial charge on any atom is 0.251 e. The number of fused-ring (bicyclic) bond motifs is 1. The van der Waals surface area contributed by atoms with Crippen molar-refractivity contribution >= 4 is 28.2 Å². The quantitative estimate of drug-likeness (QED) is 0.478. The number of hydrogen-bond acceptors (Lipinski definition) is 5. The number of benzene rings is 1. The van der Waals surface area contributed by atoms with Crippen LogP contribution >= 0.6 is 0 Å². The summed E-state index contributed by atoms with van der Waals surface area (Å²) in [7, 11) is 0. The minimum Gasteiger partial charge on any atom is -0.494 e. The number of carbonyl (C=O) groups is 1. The van der Waals surface area contributed by atoms with Crippen LogP contribution in [-0.2, 0) is 4.74 Å². The number of hydrogen-bond donors (Lipinski definition) is 3. The SMILES string of the molecule is CCC(=Nc1cnn(C(C)C)c1)c1c(O)[nH]c2ccc(C(=O)NCC3(C)CCOC3)cc12. The van der Waals surface area contributed by atoms with Crippen LogP contribution in [0.5, 0.6) is 5.88 Å². The van der Waals surface area contributed by atoms with E-state index in [9.17, 15) is 9.90 Å². The van der Waals surface area contributed by atoms with Gasteiger partial charge in [0, 0.05) is 41.1 Å². The molecule has 1 aliphatic rings. The van der Waals surface area contributed by atoms with Crippen molar-refractivity contribution in [2.45, 2.75) is 46.6 Å². The molecule has 1 aliphatic heterocycles. The summed E-state index contributed by atoms with van der Waals surface area (Å²) in [5.74, 6) is -0.0927. The van der Waals surface area contributed by atoms with Gasteiger partial charge in [-0.15, -0.1) is 0 Å². The van der Waals surface area contributed by atoms with Crippen LogP contribution in [0.3, 0.4) is 0 Å². The molecular formula is C24H31N5O3. The molecule has 0 spiro atoms. The summed E-state index contributed by atoms with van der Waals surface area (Å²) < 4.78 is 7.32. The number of aliphatic imine (C=N–C) groups is 1. The Kier molecular flexibility index (Phi) is 6.06. The number of carbonyl (C=O) groups excluding carboxylic acids is 1. The summed E-state index contributed by atoms with van der Waals surface area (Å²) in [5, 5.41) is 18.8. The highest BCUT2D eigenvalue weighted by molar-refractivity contribution is 6.14. The van der Waals surface area contributed by atoms with E-state index in [4.69, 9.17) is 9.73 Å². The van der Waals surface area contributed by atoms with Crippen LogP contribution in [-0.4, -0.2) is 51.2 Å². The molecule has 0 saturated carbocycles. The van der Waals surface area contributed by atoms with E-state index in [2.05, 4.69) is 36.2 Å². The molecular weight excluding hydrogens is 406 g/mol. The standard InChI is InChI=1S/C24H31N5O3/c1-5-19(27-17-11-26-29(12-17)15(2)3)21-18-10-16(6-7-20(18)28-23(21)31)22(30)25-13-24(4)8-9-32-14-24/h6-7,10-12,15,28,31H,5,8-9,13-14H2,1-4H3,(H,25,30). The third-order valence-electron chi connectivity index (χ3n) is 6.02. The molecule has 8 heteroatoms. The summed E-state index contributed by atoms with van der Waals surface area (Å²) in [4.78, 5) is 20.6. The predicted octanol–water partition coefficient (Wildman–Crippen LogP) is 4.34. The van der Waals surface area contributed by atoms with Crippen LogP contribution in [0.15, 0.2) is 35.6 Å². The topological polar surface area (TPSA) is 105 Å². The first-order valence-electron chi connectivity index (χ1n) is 11.1. The summed E-state index contributed by atoms with van der Waals surface area (Å²) in [5.41, 5.74) is 3.34. The second-order valence-electron chi connectivity index (χ2n) is 9.09. The number of rotatable bonds is 7. The zero-order chi connectivity index (χ0) is 22.9. The van der Waals surface area contributed by atoms with Crippen LogP contribution < -0.4 is 5.32 Å². The molecule has 8 nitrogen and oxygen atoms in total. The van der Waals surface area contributed by atoms with E-state index in [0.29, 0.717) is 30.7 Å². The average Bonchev–Trinajstić information content (AvgIpc) is 3.48. The Morgan fingerprint density at radius 2 is 2.25 bits per heavy atom. The third-order valence-corrected chi connectivity index (χ3v) is 6.02. The number of nitrogens with one attached hydrogen (secondary N) is 2. The highest BCUT2D eigenvalue weighted by Crippen LogP contribution is 2.31. The second-order valence-corrected chi connectivity index (χ2v) is 9.09. The molecule has 1 unspecified atom stereocenters. The van der Waals surface area contributed by atoms with E-state index in [-0.39, 0.29) is 23.2 Å². The Morgan fingerprint density at radius 1 is 1.44 bits per heavy atom. The van der Waals surface area contributed by atoms with Gasteiger partial charge in [-0.25, -0.2) is 4.99 Å². The van der Waals surface area contributed by atoms with Crippen molar-refractivity contribution in [1.29, 1.82) is 0 Å². The molecule has 1 atom stereocenters. The zero-order valence-corrected chi connectivity index (χ0v) is 19.1. The van der Waals surface area contributed by atoms with Gasteiger partial charge in [-0.3, -0.25) is 9.48 Å². The zero-order valence-electron chi connectivity index (χ0n) is 19.1. The van der Waals surface area contributed by atoms with Gasteiger partial charge in [-0.05, 0) is 44.9 Å². The maximum atomic E-state index is 12.8. The number of ether oxygens (including phenoxy) is 1. The van der Waals surface area contributed by atoms with E-state index >= 15 is 0 Å². The monoisotopic (exact) mass is 437 g/mol. The van der Waals surface area contributed by atoms with Gasteiger partial charge in [0.25, 0.3) is 5.91 Å². The molecule has 0 bridgehead atoms. The molecule has 3 heterocycles. The molecule has 3 N–H and O–H groups in total. The van der Waals surface area contributed by atoms with Crippen molar-refractivity contribution in [1.82, 2.24) is 20.1 Å². The molecule has 1 fully saturated rings. The molecule has 170 valence electrons. The van der Waals surface area contributed by atoms with Gasteiger partial charge < -0.3 is 20.1 Å². The molecule has 4 rings (SSSR count).